The average Bonchev–Trinajstić information content (AvgIpc) is 3.19. The molecule has 0 unspecified atom stereocenters. The van der Waals surface area contributed by atoms with Crippen LogP contribution in [-0.2, 0) is 4.79 Å². The van der Waals surface area contributed by atoms with Crippen molar-refractivity contribution in [3.8, 4) is 0 Å². The SMILES string of the molecule is O=C(CC1CC(F)(F)C1)N[C@@H](C1=CC=CCC1)C1CC1. The second kappa shape index (κ2) is 5.30. The smallest absolute Gasteiger partial charge is 0.248 e. The van der Waals surface area contributed by atoms with Crippen LogP contribution in [0.3, 0.4) is 0 Å². The van der Waals surface area contributed by atoms with Crippen LogP contribution in [0.2, 0.25) is 0 Å². The van der Waals surface area contributed by atoms with Crippen molar-refractivity contribution in [1.82, 2.24) is 5.32 Å². The summed E-state index contributed by atoms with van der Waals surface area (Å²) >= 11 is 0. The van der Waals surface area contributed by atoms with E-state index in [2.05, 4.69) is 17.5 Å². The van der Waals surface area contributed by atoms with Gasteiger partial charge >= 0.3 is 0 Å². The molecule has 1 amide bonds. The van der Waals surface area contributed by atoms with Gasteiger partial charge in [-0.25, -0.2) is 8.78 Å². The maximum Gasteiger partial charge on any atom is 0.248 e. The summed E-state index contributed by atoms with van der Waals surface area (Å²) in [5.74, 6) is -2.17. The highest BCUT2D eigenvalue weighted by atomic mass is 19.3. The number of rotatable bonds is 5. The van der Waals surface area contributed by atoms with E-state index in [0.717, 1.165) is 25.7 Å². The van der Waals surface area contributed by atoms with Gasteiger partial charge in [0.2, 0.25) is 11.8 Å². The van der Waals surface area contributed by atoms with E-state index in [-0.39, 0.29) is 37.1 Å². The van der Waals surface area contributed by atoms with Gasteiger partial charge in [0.25, 0.3) is 0 Å². The van der Waals surface area contributed by atoms with Crippen molar-refractivity contribution < 1.29 is 13.6 Å². The highest BCUT2D eigenvalue weighted by Crippen LogP contribution is 2.44. The Kier molecular flexibility index (Phi) is 3.65. The lowest BCUT2D eigenvalue weighted by Gasteiger charge is -2.35. The minimum atomic E-state index is -2.53. The second-order valence-corrected chi connectivity index (χ2v) is 6.43. The topological polar surface area (TPSA) is 29.1 Å². The van der Waals surface area contributed by atoms with Crippen LogP contribution in [0.1, 0.15) is 44.9 Å². The molecule has 0 radical (unpaired) electrons. The van der Waals surface area contributed by atoms with E-state index < -0.39 is 5.92 Å². The molecule has 0 heterocycles. The van der Waals surface area contributed by atoms with Gasteiger partial charge in [-0.3, -0.25) is 4.79 Å². The molecule has 20 heavy (non-hydrogen) atoms. The van der Waals surface area contributed by atoms with Crippen molar-refractivity contribution in [2.24, 2.45) is 11.8 Å². The van der Waals surface area contributed by atoms with Crippen molar-refractivity contribution in [1.29, 1.82) is 0 Å². The van der Waals surface area contributed by atoms with Crippen LogP contribution in [0.15, 0.2) is 23.8 Å². The molecule has 0 aromatic heterocycles. The zero-order valence-corrected chi connectivity index (χ0v) is 11.6. The number of hydrogen-bond acceptors (Lipinski definition) is 1. The van der Waals surface area contributed by atoms with E-state index >= 15 is 0 Å². The Morgan fingerprint density at radius 2 is 2.15 bits per heavy atom. The van der Waals surface area contributed by atoms with Crippen LogP contribution < -0.4 is 5.32 Å². The van der Waals surface area contributed by atoms with Crippen molar-refractivity contribution in [3.63, 3.8) is 0 Å². The van der Waals surface area contributed by atoms with Crippen molar-refractivity contribution in [2.75, 3.05) is 0 Å². The quantitative estimate of drug-likeness (QED) is 0.819. The molecule has 0 aliphatic heterocycles. The van der Waals surface area contributed by atoms with E-state index in [4.69, 9.17) is 0 Å². The molecular weight excluding hydrogens is 260 g/mol. The summed E-state index contributed by atoms with van der Waals surface area (Å²) in [6.45, 7) is 0. The number of nitrogens with one attached hydrogen (secondary N) is 1. The molecule has 4 heteroatoms. The Bertz CT molecular complexity index is 443. The zero-order chi connectivity index (χ0) is 14.2. The van der Waals surface area contributed by atoms with Crippen LogP contribution in [0.5, 0.6) is 0 Å². The molecule has 1 atom stereocenters. The third-order valence-corrected chi connectivity index (χ3v) is 4.50. The first-order valence-electron chi connectivity index (χ1n) is 7.56. The highest BCUT2D eigenvalue weighted by molar-refractivity contribution is 5.77. The fourth-order valence-electron chi connectivity index (χ4n) is 3.25. The third kappa shape index (κ3) is 3.28. The van der Waals surface area contributed by atoms with Gasteiger partial charge in [0.05, 0.1) is 6.04 Å². The standard InChI is InChI=1S/C16H21F2NO/c17-16(18)9-11(10-16)8-14(20)19-15(13-6-7-13)12-4-2-1-3-5-12/h1-2,4,11,13,15H,3,5-10H2,(H,19,20)/t15-/m0/s1. The van der Waals surface area contributed by atoms with Gasteiger partial charge in [0, 0.05) is 19.3 Å². The van der Waals surface area contributed by atoms with Crippen LogP contribution in [0, 0.1) is 11.8 Å². The van der Waals surface area contributed by atoms with E-state index in [1.165, 1.54) is 5.57 Å². The summed E-state index contributed by atoms with van der Waals surface area (Å²) in [6, 6.07) is 0.132. The summed E-state index contributed by atoms with van der Waals surface area (Å²) in [6.07, 6.45) is 10.6. The number of amides is 1. The van der Waals surface area contributed by atoms with Gasteiger partial charge in [0.1, 0.15) is 0 Å². The molecule has 2 fully saturated rings. The third-order valence-electron chi connectivity index (χ3n) is 4.50. The van der Waals surface area contributed by atoms with Crippen LogP contribution in [-0.4, -0.2) is 17.9 Å². The summed E-state index contributed by atoms with van der Waals surface area (Å²) in [5.41, 5.74) is 1.29. The summed E-state index contributed by atoms with van der Waals surface area (Å²) in [5, 5.41) is 3.09. The minimum Gasteiger partial charge on any atom is -0.349 e. The predicted octanol–water partition coefficient (Wildman–Crippen LogP) is 3.59. The number of alkyl halides is 2. The van der Waals surface area contributed by atoms with Gasteiger partial charge in [-0.1, -0.05) is 18.2 Å². The van der Waals surface area contributed by atoms with Crippen LogP contribution in [0.4, 0.5) is 8.78 Å². The van der Waals surface area contributed by atoms with Gasteiger partial charge in [-0.15, -0.1) is 0 Å². The molecule has 0 bridgehead atoms. The Labute approximate surface area is 118 Å². The van der Waals surface area contributed by atoms with Crippen molar-refractivity contribution >= 4 is 5.91 Å². The van der Waals surface area contributed by atoms with E-state index in [1.807, 2.05) is 6.08 Å². The minimum absolute atomic E-state index is 0.0575. The molecule has 1 N–H and O–H groups in total. The molecule has 0 aromatic carbocycles. The summed E-state index contributed by atoms with van der Waals surface area (Å²) < 4.78 is 25.6. The Balaban J connectivity index is 1.53. The van der Waals surface area contributed by atoms with Gasteiger partial charge in [-0.05, 0) is 43.1 Å². The lowest BCUT2D eigenvalue weighted by atomic mass is 9.79. The molecule has 0 saturated heterocycles. The number of carbonyl (C=O) groups is 1. The highest BCUT2D eigenvalue weighted by Gasteiger charge is 2.46. The van der Waals surface area contributed by atoms with E-state index in [0.29, 0.717) is 5.92 Å². The first-order valence-corrected chi connectivity index (χ1v) is 7.56. The normalized spacial score (nSPS) is 26.6. The molecule has 3 aliphatic carbocycles. The molecule has 3 aliphatic rings. The predicted molar refractivity (Wildman–Crippen MR) is 73.4 cm³/mol. The molecular formula is C16H21F2NO. The summed E-state index contributed by atoms with van der Waals surface area (Å²) in [4.78, 5) is 12.0. The first kappa shape index (κ1) is 13.8. The maximum atomic E-state index is 12.8. The Morgan fingerprint density at radius 1 is 1.40 bits per heavy atom. The number of hydrogen-bond donors (Lipinski definition) is 1. The molecule has 2 saturated carbocycles. The van der Waals surface area contributed by atoms with Gasteiger partial charge in [-0.2, -0.15) is 0 Å². The Morgan fingerprint density at radius 3 is 2.70 bits per heavy atom. The Hall–Kier alpha value is -1.19. The largest absolute Gasteiger partial charge is 0.349 e. The van der Waals surface area contributed by atoms with E-state index in [1.54, 1.807) is 0 Å². The fraction of sp³-hybridized carbons (Fsp3) is 0.688. The van der Waals surface area contributed by atoms with Gasteiger partial charge < -0.3 is 5.32 Å². The second-order valence-electron chi connectivity index (χ2n) is 6.43. The molecule has 0 aromatic rings. The number of allylic oxidation sites excluding steroid dienone is 3. The van der Waals surface area contributed by atoms with Crippen molar-refractivity contribution in [3.05, 3.63) is 23.8 Å². The van der Waals surface area contributed by atoms with Crippen LogP contribution >= 0.6 is 0 Å². The monoisotopic (exact) mass is 281 g/mol. The zero-order valence-electron chi connectivity index (χ0n) is 11.6. The van der Waals surface area contributed by atoms with E-state index in [9.17, 15) is 13.6 Å². The lowest BCUT2D eigenvalue weighted by Crippen LogP contribution is -2.42. The van der Waals surface area contributed by atoms with Crippen molar-refractivity contribution in [2.45, 2.75) is 56.9 Å². The molecule has 0 spiro atoms. The maximum absolute atomic E-state index is 12.8. The number of carbonyl (C=O) groups excluding carboxylic acids is 1. The summed E-state index contributed by atoms with van der Waals surface area (Å²) in [7, 11) is 0. The average molecular weight is 281 g/mol. The molecule has 3 rings (SSSR count). The molecule has 110 valence electrons. The van der Waals surface area contributed by atoms with Gasteiger partial charge in [0.15, 0.2) is 0 Å². The van der Waals surface area contributed by atoms with Crippen LogP contribution in [0.25, 0.3) is 0 Å². The lowest BCUT2D eigenvalue weighted by molar-refractivity contribution is -0.134. The fourth-order valence-corrected chi connectivity index (χ4v) is 3.25. The number of halogens is 2. The molecule has 2 nitrogen and oxygen atoms in total. The first-order chi connectivity index (χ1) is 9.53.